The first-order valence-electron chi connectivity index (χ1n) is 2.71. The van der Waals surface area contributed by atoms with Crippen molar-refractivity contribution in [3.8, 4) is 0 Å². The van der Waals surface area contributed by atoms with Crippen LogP contribution in [0.2, 0.25) is 0 Å². The molecule has 0 aliphatic carbocycles. The summed E-state index contributed by atoms with van der Waals surface area (Å²) in [6.07, 6.45) is 0.978. The molecular weight excluding hydrogens is 142 g/mol. The van der Waals surface area contributed by atoms with Crippen LogP contribution in [0.4, 0.5) is 0 Å². The Kier molecular flexibility index (Phi) is 7.35. The molecule has 5 heteroatoms. The van der Waals surface area contributed by atoms with Crippen molar-refractivity contribution in [1.29, 1.82) is 0 Å². The van der Waals surface area contributed by atoms with Crippen LogP contribution in [0, 0.1) is 0 Å². The SMILES string of the molecule is CCCN=NNOCCl. The molecule has 0 amide bonds. The molecule has 54 valence electrons. The van der Waals surface area contributed by atoms with Gasteiger partial charge in [-0.2, -0.15) is 10.7 Å². The molecule has 9 heavy (non-hydrogen) atoms. The van der Waals surface area contributed by atoms with Crippen LogP contribution in [0.25, 0.3) is 0 Å². The maximum absolute atomic E-state index is 5.13. The Morgan fingerprint density at radius 3 is 3.00 bits per heavy atom. The van der Waals surface area contributed by atoms with Crippen molar-refractivity contribution in [3.63, 3.8) is 0 Å². The molecule has 0 atom stereocenters. The van der Waals surface area contributed by atoms with Gasteiger partial charge in [0.2, 0.25) is 0 Å². The topological polar surface area (TPSA) is 46.0 Å². The lowest BCUT2D eigenvalue weighted by molar-refractivity contribution is 0.0715. The Morgan fingerprint density at radius 2 is 2.44 bits per heavy atom. The first kappa shape index (κ1) is 8.65. The zero-order valence-electron chi connectivity index (χ0n) is 5.30. The quantitative estimate of drug-likeness (QED) is 0.280. The smallest absolute Gasteiger partial charge is 0.150 e. The van der Waals surface area contributed by atoms with Crippen molar-refractivity contribution in [2.24, 2.45) is 10.3 Å². The van der Waals surface area contributed by atoms with Gasteiger partial charge in [-0.25, -0.2) is 4.84 Å². The van der Waals surface area contributed by atoms with Gasteiger partial charge in [0.05, 0.1) is 6.54 Å². The third-order valence-electron chi connectivity index (χ3n) is 0.554. The summed E-state index contributed by atoms with van der Waals surface area (Å²) in [5.41, 5.74) is 2.20. The van der Waals surface area contributed by atoms with Gasteiger partial charge < -0.3 is 0 Å². The molecular formula is C4H10ClN3O. The Balaban J connectivity index is 2.86. The summed E-state index contributed by atoms with van der Waals surface area (Å²) in [6, 6.07) is 0.0745. The molecule has 0 unspecified atom stereocenters. The average Bonchev–Trinajstić information content (AvgIpc) is 1.89. The van der Waals surface area contributed by atoms with Crippen LogP contribution in [0.1, 0.15) is 13.3 Å². The second-order valence-electron chi connectivity index (χ2n) is 1.31. The Hall–Kier alpha value is -0.350. The van der Waals surface area contributed by atoms with Gasteiger partial charge in [0.15, 0.2) is 6.07 Å². The second kappa shape index (κ2) is 7.65. The van der Waals surface area contributed by atoms with E-state index in [1.807, 2.05) is 6.92 Å². The molecule has 0 heterocycles. The first-order chi connectivity index (χ1) is 4.41. The summed E-state index contributed by atoms with van der Waals surface area (Å²) in [4.78, 5) is 4.44. The fourth-order valence-electron chi connectivity index (χ4n) is 0.232. The van der Waals surface area contributed by atoms with Gasteiger partial charge in [0.1, 0.15) is 0 Å². The maximum Gasteiger partial charge on any atom is 0.150 e. The van der Waals surface area contributed by atoms with E-state index in [4.69, 9.17) is 11.6 Å². The highest BCUT2D eigenvalue weighted by Crippen LogP contribution is 1.78. The third kappa shape index (κ3) is 7.65. The molecule has 1 N–H and O–H groups in total. The molecule has 0 fully saturated rings. The van der Waals surface area contributed by atoms with Gasteiger partial charge in [0, 0.05) is 0 Å². The normalized spacial score (nSPS) is 10.4. The predicted octanol–water partition coefficient (Wildman–Crippen LogP) is 1.48. The van der Waals surface area contributed by atoms with Gasteiger partial charge in [-0.05, 0) is 6.42 Å². The minimum Gasteiger partial charge on any atom is -0.242 e. The van der Waals surface area contributed by atoms with Gasteiger partial charge >= 0.3 is 0 Å². The summed E-state index contributed by atoms with van der Waals surface area (Å²) < 4.78 is 0. The maximum atomic E-state index is 5.13. The van der Waals surface area contributed by atoms with Gasteiger partial charge in [0.25, 0.3) is 0 Å². The molecule has 0 radical (unpaired) electrons. The molecule has 0 saturated heterocycles. The monoisotopic (exact) mass is 151 g/mol. The van der Waals surface area contributed by atoms with Crippen molar-refractivity contribution >= 4 is 11.6 Å². The predicted molar refractivity (Wildman–Crippen MR) is 35.0 cm³/mol. The van der Waals surface area contributed by atoms with E-state index in [0.29, 0.717) is 6.54 Å². The van der Waals surface area contributed by atoms with Crippen LogP contribution in [0.5, 0.6) is 0 Å². The summed E-state index contributed by atoms with van der Waals surface area (Å²) in [5.74, 6) is 0. The van der Waals surface area contributed by atoms with Crippen molar-refractivity contribution < 1.29 is 4.84 Å². The van der Waals surface area contributed by atoms with E-state index in [1.54, 1.807) is 0 Å². The van der Waals surface area contributed by atoms with Crippen molar-refractivity contribution in [3.05, 3.63) is 0 Å². The van der Waals surface area contributed by atoms with Gasteiger partial charge in [-0.1, -0.05) is 23.7 Å². The number of nitrogens with zero attached hydrogens (tertiary/aromatic N) is 2. The molecule has 0 aromatic carbocycles. The second-order valence-corrected chi connectivity index (χ2v) is 1.53. The molecule has 0 bridgehead atoms. The lowest BCUT2D eigenvalue weighted by Crippen LogP contribution is -2.03. The lowest BCUT2D eigenvalue weighted by Gasteiger charge is -1.91. The summed E-state index contributed by atoms with van der Waals surface area (Å²) in [7, 11) is 0. The van der Waals surface area contributed by atoms with E-state index in [-0.39, 0.29) is 6.07 Å². The number of hydrogen-bond donors (Lipinski definition) is 1. The summed E-state index contributed by atoms with van der Waals surface area (Å²) >= 11 is 5.13. The summed E-state index contributed by atoms with van der Waals surface area (Å²) in [5, 5.41) is 7.08. The number of nitrogens with one attached hydrogen (secondary N) is 1. The molecule has 0 spiro atoms. The molecule has 0 aliphatic heterocycles. The number of rotatable bonds is 5. The van der Waals surface area contributed by atoms with Crippen LogP contribution in [-0.2, 0) is 4.84 Å². The fourth-order valence-corrected chi connectivity index (χ4v) is 0.281. The van der Waals surface area contributed by atoms with Gasteiger partial charge in [-0.3, -0.25) is 0 Å². The zero-order valence-corrected chi connectivity index (χ0v) is 6.06. The summed E-state index contributed by atoms with van der Waals surface area (Å²) in [6.45, 7) is 2.72. The van der Waals surface area contributed by atoms with E-state index in [0.717, 1.165) is 6.42 Å². The number of alkyl halides is 1. The first-order valence-corrected chi connectivity index (χ1v) is 3.24. The van der Waals surface area contributed by atoms with E-state index in [1.165, 1.54) is 0 Å². The Morgan fingerprint density at radius 1 is 1.67 bits per heavy atom. The highest BCUT2D eigenvalue weighted by Gasteiger charge is 1.74. The average molecular weight is 152 g/mol. The van der Waals surface area contributed by atoms with E-state index < -0.39 is 0 Å². The zero-order chi connectivity index (χ0) is 6.95. The lowest BCUT2D eigenvalue weighted by atomic mass is 10.5. The Labute approximate surface area is 59.2 Å². The van der Waals surface area contributed by atoms with Crippen LogP contribution < -0.4 is 5.59 Å². The molecule has 0 aromatic rings. The number of halogens is 1. The third-order valence-corrected chi connectivity index (χ3v) is 0.663. The molecule has 0 saturated carbocycles. The highest BCUT2D eigenvalue weighted by atomic mass is 35.5. The fraction of sp³-hybridized carbons (Fsp3) is 1.00. The van der Waals surface area contributed by atoms with Crippen LogP contribution in [-0.4, -0.2) is 12.6 Å². The van der Waals surface area contributed by atoms with E-state index in [2.05, 4.69) is 20.8 Å². The largest absolute Gasteiger partial charge is 0.242 e. The standard InChI is InChI=1S/C4H10ClN3O/c1-2-3-6-7-8-9-4-5/h2-4H2,1H3,(H,6,8). The minimum atomic E-state index is 0.0745. The highest BCUT2D eigenvalue weighted by molar-refractivity contribution is 6.17. The van der Waals surface area contributed by atoms with Gasteiger partial charge in [-0.15, -0.1) is 0 Å². The van der Waals surface area contributed by atoms with Crippen LogP contribution in [0.15, 0.2) is 10.3 Å². The van der Waals surface area contributed by atoms with Crippen molar-refractivity contribution in [1.82, 2.24) is 5.59 Å². The molecule has 0 aromatic heterocycles. The van der Waals surface area contributed by atoms with E-state index in [9.17, 15) is 0 Å². The molecule has 4 nitrogen and oxygen atoms in total. The number of hydrogen-bond acceptors (Lipinski definition) is 3. The van der Waals surface area contributed by atoms with E-state index >= 15 is 0 Å². The van der Waals surface area contributed by atoms with Crippen molar-refractivity contribution in [2.45, 2.75) is 13.3 Å². The molecule has 0 rings (SSSR count). The minimum absolute atomic E-state index is 0.0745. The Bertz CT molecular complexity index is 78.2. The molecule has 0 aliphatic rings. The van der Waals surface area contributed by atoms with Crippen molar-refractivity contribution in [2.75, 3.05) is 12.6 Å². The van der Waals surface area contributed by atoms with Crippen LogP contribution in [0.3, 0.4) is 0 Å². The van der Waals surface area contributed by atoms with Crippen LogP contribution >= 0.6 is 11.6 Å².